The van der Waals surface area contributed by atoms with Gasteiger partial charge in [-0.2, -0.15) is 0 Å². The fraction of sp³-hybridized carbons (Fsp3) is 0.429. The summed E-state index contributed by atoms with van der Waals surface area (Å²) in [6.07, 6.45) is 0.333. The number of pyridine rings is 2. The van der Waals surface area contributed by atoms with Crippen molar-refractivity contribution in [3.8, 4) is 0 Å². The lowest BCUT2D eigenvalue weighted by Crippen LogP contribution is -2.54. The Morgan fingerprint density at radius 3 is 1.82 bits per heavy atom. The van der Waals surface area contributed by atoms with Crippen LogP contribution in [0.5, 0.6) is 0 Å². The van der Waals surface area contributed by atoms with Crippen molar-refractivity contribution in [2.45, 2.75) is 72.1 Å². The quantitative estimate of drug-likeness (QED) is 0.0742. The van der Waals surface area contributed by atoms with Gasteiger partial charge in [-0.1, -0.05) is 18.2 Å². The Morgan fingerprint density at radius 1 is 0.820 bits per heavy atom. The van der Waals surface area contributed by atoms with Crippen molar-refractivity contribution in [3.63, 3.8) is 0 Å². The summed E-state index contributed by atoms with van der Waals surface area (Å²) in [5.74, 6) is -3.76. The molecule has 2 heterocycles. The second kappa shape index (κ2) is 20.9. The van der Waals surface area contributed by atoms with E-state index in [0.717, 1.165) is 39.1 Å². The van der Waals surface area contributed by atoms with Crippen LogP contribution in [0.1, 0.15) is 46.0 Å². The van der Waals surface area contributed by atoms with E-state index in [1.807, 2.05) is 36.4 Å². The number of likely N-dealkylation sites (N-methyl/N-ethyl adjacent to an activating group) is 1. The number of nitrogens with zero attached hydrogens (tertiary/aromatic N) is 5. The van der Waals surface area contributed by atoms with Crippen molar-refractivity contribution in [2.75, 3.05) is 26.7 Å². The number of carbonyl (C=O) groups excluding carboxylic acids is 5. The summed E-state index contributed by atoms with van der Waals surface area (Å²) in [5.41, 5.74) is 2.54. The number of carbonyl (C=O) groups is 5. The van der Waals surface area contributed by atoms with E-state index in [1.165, 1.54) is 11.9 Å². The molecule has 270 valence electrons. The van der Waals surface area contributed by atoms with Crippen LogP contribution in [0.15, 0.2) is 77.2 Å². The molecular formula is C35H45N5O10. The first-order chi connectivity index (χ1) is 23.7. The third-order valence-electron chi connectivity index (χ3n) is 6.92. The highest BCUT2D eigenvalue weighted by Crippen LogP contribution is 2.19. The first-order valence-corrected chi connectivity index (χ1v) is 15.6. The molecule has 0 saturated carbocycles. The summed E-state index contributed by atoms with van der Waals surface area (Å²) in [5, 5.41) is 11.2. The van der Waals surface area contributed by atoms with Gasteiger partial charge < -0.3 is 29.0 Å². The molecule has 0 aliphatic heterocycles. The standard InChI is InChI=1S/C35H45N5O10/c1-23(14-15-28(36-6)18-40(19-29-12-8-10-16-37-29)20-30-13-9-11-17-38-30)35(46)39(7)21-31(45)33(49-26(4)43)34(50-27(5)44)32(48-25(3)42)22-47-24(2)41/h8-17,31-34,45H,6,18-22H2,1-5,7H3/b23-14+,28-15-/t31-,32+,33+,34+/m0/s1. The van der Waals surface area contributed by atoms with Gasteiger partial charge in [0.05, 0.1) is 23.6 Å². The number of aliphatic imine (C=N–C) groups is 1. The van der Waals surface area contributed by atoms with E-state index in [4.69, 9.17) is 18.9 Å². The van der Waals surface area contributed by atoms with E-state index in [9.17, 15) is 29.1 Å². The smallest absolute Gasteiger partial charge is 0.303 e. The highest BCUT2D eigenvalue weighted by Gasteiger charge is 2.42. The van der Waals surface area contributed by atoms with Crippen LogP contribution in [0, 0.1) is 0 Å². The Bertz CT molecular complexity index is 1470. The predicted octanol–water partition coefficient (Wildman–Crippen LogP) is 2.19. The minimum Gasteiger partial charge on any atom is -0.462 e. The zero-order valence-corrected chi connectivity index (χ0v) is 29.2. The summed E-state index contributed by atoms with van der Waals surface area (Å²) >= 11 is 0. The minimum atomic E-state index is -1.65. The molecular weight excluding hydrogens is 650 g/mol. The molecule has 2 rings (SSSR count). The number of rotatable bonds is 19. The lowest BCUT2D eigenvalue weighted by molar-refractivity contribution is -0.198. The fourth-order valence-corrected chi connectivity index (χ4v) is 4.77. The summed E-state index contributed by atoms with van der Waals surface area (Å²) in [7, 11) is 1.41. The van der Waals surface area contributed by atoms with Gasteiger partial charge in [-0.15, -0.1) is 0 Å². The topological polar surface area (TPSA) is 187 Å². The highest BCUT2D eigenvalue weighted by molar-refractivity contribution is 5.93. The van der Waals surface area contributed by atoms with Crippen LogP contribution in [-0.2, 0) is 56.0 Å². The van der Waals surface area contributed by atoms with Gasteiger partial charge in [0.25, 0.3) is 0 Å². The summed E-state index contributed by atoms with van der Waals surface area (Å²) < 4.78 is 20.8. The average Bonchev–Trinajstić information content (AvgIpc) is 3.06. The van der Waals surface area contributed by atoms with E-state index >= 15 is 0 Å². The molecule has 15 nitrogen and oxygen atoms in total. The van der Waals surface area contributed by atoms with Gasteiger partial charge in [0.1, 0.15) is 12.7 Å². The molecule has 50 heavy (non-hydrogen) atoms. The van der Waals surface area contributed by atoms with E-state index in [0.29, 0.717) is 25.3 Å². The molecule has 1 N–H and O–H groups in total. The van der Waals surface area contributed by atoms with Crippen molar-refractivity contribution in [1.82, 2.24) is 19.8 Å². The molecule has 1 amide bonds. The largest absolute Gasteiger partial charge is 0.462 e. The second-order valence-electron chi connectivity index (χ2n) is 11.3. The summed E-state index contributed by atoms with van der Waals surface area (Å²) in [6.45, 7) is 9.97. The molecule has 0 aliphatic rings. The van der Waals surface area contributed by atoms with Crippen molar-refractivity contribution in [3.05, 3.63) is 83.6 Å². The van der Waals surface area contributed by atoms with E-state index in [1.54, 1.807) is 31.5 Å². The Labute approximate surface area is 291 Å². The molecule has 15 heteroatoms. The van der Waals surface area contributed by atoms with Gasteiger partial charge in [-0.05, 0) is 44.0 Å². The number of aromatic nitrogens is 2. The van der Waals surface area contributed by atoms with Crippen LogP contribution in [0.4, 0.5) is 0 Å². The minimum absolute atomic E-state index is 0.273. The van der Waals surface area contributed by atoms with Crippen LogP contribution in [0.25, 0.3) is 0 Å². The molecule has 0 saturated heterocycles. The maximum atomic E-state index is 13.4. The Balaban J connectivity index is 2.27. The fourth-order valence-electron chi connectivity index (χ4n) is 4.77. The molecule has 0 unspecified atom stereocenters. The zero-order valence-electron chi connectivity index (χ0n) is 29.2. The van der Waals surface area contributed by atoms with Gasteiger partial charge in [-0.3, -0.25) is 43.8 Å². The third-order valence-corrected chi connectivity index (χ3v) is 6.92. The molecule has 0 bridgehead atoms. The maximum Gasteiger partial charge on any atom is 0.303 e. The number of aliphatic hydroxyl groups is 1. The molecule has 0 aliphatic carbocycles. The SMILES string of the molecule is C=N/C(=C\C=C(/C)C(=O)N(C)C[C@H](O)[C@@H](OC(C)=O)[C@H](OC(C)=O)[C@@H](COC(C)=O)OC(C)=O)CN(Cc1ccccn1)Cc1ccccn1. The molecule has 0 spiro atoms. The van der Waals surface area contributed by atoms with Crippen LogP contribution < -0.4 is 0 Å². The van der Waals surface area contributed by atoms with Crippen LogP contribution in [-0.4, -0.2) is 113 Å². The normalized spacial score (nSPS) is 14.1. The lowest BCUT2D eigenvalue weighted by Gasteiger charge is -2.35. The van der Waals surface area contributed by atoms with Gasteiger partial charge >= 0.3 is 23.9 Å². The van der Waals surface area contributed by atoms with Crippen LogP contribution >= 0.6 is 0 Å². The van der Waals surface area contributed by atoms with Gasteiger partial charge in [0.2, 0.25) is 5.91 Å². The van der Waals surface area contributed by atoms with Gasteiger partial charge in [-0.25, -0.2) is 0 Å². The molecule has 0 aromatic carbocycles. The molecule has 2 aromatic heterocycles. The van der Waals surface area contributed by atoms with E-state index in [-0.39, 0.29) is 5.57 Å². The first kappa shape index (κ1) is 40.9. The van der Waals surface area contributed by atoms with E-state index in [2.05, 4.69) is 26.6 Å². The Morgan fingerprint density at radius 2 is 1.36 bits per heavy atom. The molecule has 4 atom stereocenters. The molecule has 0 radical (unpaired) electrons. The van der Waals surface area contributed by atoms with E-state index < -0.39 is 67.4 Å². The summed E-state index contributed by atoms with van der Waals surface area (Å²) in [6, 6.07) is 11.3. The average molecular weight is 696 g/mol. The van der Waals surface area contributed by atoms with Gasteiger partial charge in [0, 0.05) is 72.3 Å². The van der Waals surface area contributed by atoms with Crippen molar-refractivity contribution >= 4 is 36.5 Å². The third kappa shape index (κ3) is 14.9. The second-order valence-corrected chi connectivity index (χ2v) is 11.3. The number of esters is 4. The van der Waals surface area contributed by atoms with Crippen LogP contribution in [0.3, 0.4) is 0 Å². The van der Waals surface area contributed by atoms with Crippen molar-refractivity contribution in [1.29, 1.82) is 0 Å². The Hall–Kier alpha value is -5.28. The highest BCUT2D eigenvalue weighted by atomic mass is 16.6. The predicted molar refractivity (Wildman–Crippen MR) is 181 cm³/mol. The van der Waals surface area contributed by atoms with Crippen molar-refractivity contribution in [2.24, 2.45) is 4.99 Å². The number of hydrogen-bond acceptors (Lipinski definition) is 14. The van der Waals surface area contributed by atoms with Crippen LogP contribution in [0.2, 0.25) is 0 Å². The first-order valence-electron chi connectivity index (χ1n) is 15.6. The van der Waals surface area contributed by atoms with Gasteiger partial charge in [0.15, 0.2) is 18.3 Å². The lowest BCUT2D eigenvalue weighted by atomic mass is 10.0. The number of aliphatic hydroxyl groups excluding tert-OH is 1. The number of hydrogen-bond donors (Lipinski definition) is 1. The molecule has 2 aromatic rings. The number of amides is 1. The number of allylic oxidation sites excluding steroid dienone is 2. The zero-order chi connectivity index (χ0) is 37.2. The molecule has 0 fully saturated rings. The Kier molecular flexibility index (Phi) is 17.1. The summed E-state index contributed by atoms with van der Waals surface area (Å²) in [4.78, 5) is 77.0. The number of ether oxygens (including phenoxy) is 4. The van der Waals surface area contributed by atoms with Crippen molar-refractivity contribution < 1.29 is 48.0 Å². The maximum absolute atomic E-state index is 13.4. The monoisotopic (exact) mass is 695 g/mol.